The number of carbonyl (C=O) groups is 1. The second kappa shape index (κ2) is 3.79. The molecule has 1 amide bonds. The molecular formula is C9H14F3NO. The van der Waals surface area contributed by atoms with Crippen molar-refractivity contribution in [1.29, 1.82) is 0 Å². The zero-order valence-corrected chi connectivity index (χ0v) is 8.27. The Labute approximate surface area is 81.1 Å². The molecule has 0 saturated carbocycles. The van der Waals surface area contributed by atoms with Crippen LogP contribution in [0, 0.1) is 11.8 Å². The summed E-state index contributed by atoms with van der Waals surface area (Å²) >= 11 is 0. The molecule has 2 atom stereocenters. The van der Waals surface area contributed by atoms with E-state index in [9.17, 15) is 18.0 Å². The number of alkyl halides is 3. The lowest BCUT2D eigenvalue weighted by Crippen LogP contribution is -2.48. The van der Waals surface area contributed by atoms with Gasteiger partial charge in [0.15, 0.2) is 0 Å². The van der Waals surface area contributed by atoms with Crippen LogP contribution in [0.3, 0.4) is 0 Å². The van der Waals surface area contributed by atoms with Crippen molar-refractivity contribution in [2.24, 2.45) is 11.8 Å². The first-order valence-electron chi connectivity index (χ1n) is 4.66. The molecule has 14 heavy (non-hydrogen) atoms. The Morgan fingerprint density at radius 2 is 1.64 bits per heavy atom. The van der Waals surface area contributed by atoms with Crippen molar-refractivity contribution < 1.29 is 18.0 Å². The summed E-state index contributed by atoms with van der Waals surface area (Å²) < 4.78 is 36.3. The summed E-state index contributed by atoms with van der Waals surface area (Å²) in [4.78, 5) is 11.8. The van der Waals surface area contributed by atoms with Gasteiger partial charge < -0.3 is 4.90 Å². The normalized spacial score (nSPS) is 29.1. The quantitative estimate of drug-likeness (QED) is 0.598. The van der Waals surface area contributed by atoms with Gasteiger partial charge in [-0.3, -0.25) is 4.79 Å². The molecule has 0 aromatic carbocycles. The van der Waals surface area contributed by atoms with Crippen LogP contribution in [0.15, 0.2) is 0 Å². The molecule has 0 aromatic rings. The van der Waals surface area contributed by atoms with E-state index in [2.05, 4.69) is 0 Å². The van der Waals surface area contributed by atoms with Gasteiger partial charge in [-0.05, 0) is 18.3 Å². The smallest absolute Gasteiger partial charge is 0.334 e. The summed E-state index contributed by atoms with van der Waals surface area (Å²) in [6, 6.07) is 0. The Kier molecular flexibility index (Phi) is 3.07. The molecule has 82 valence electrons. The lowest BCUT2D eigenvalue weighted by atomic mass is 9.92. The van der Waals surface area contributed by atoms with Crippen molar-refractivity contribution in [2.75, 3.05) is 13.1 Å². The van der Waals surface area contributed by atoms with Crippen LogP contribution in [0.5, 0.6) is 0 Å². The molecule has 1 aliphatic heterocycles. The topological polar surface area (TPSA) is 20.3 Å². The minimum atomic E-state index is -4.73. The third-order valence-electron chi connectivity index (χ3n) is 2.40. The number of likely N-dealkylation sites (tertiary alicyclic amines) is 1. The van der Waals surface area contributed by atoms with E-state index >= 15 is 0 Å². The van der Waals surface area contributed by atoms with Crippen molar-refractivity contribution in [3.05, 3.63) is 0 Å². The van der Waals surface area contributed by atoms with Gasteiger partial charge in [-0.2, -0.15) is 13.2 Å². The zero-order chi connectivity index (χ0) is 10.9. The maximum atomic E-state index is 12.1. The van der Waals surface area contributed by atoms with Gasteiger partial charge >= 0.3 is 12.1 Å². The fraction of sp³-hybridized carbons (Fsp3) is 0.889. The highest BCUT2D eigenvalue weighted by Crippen LogP contribution is 2.25. The van der Waals surface area contributed by atoms with Crippen molar-refractivity contribution in [3.63, 3.8) is 0 Å². The van der Waals surface area contributed by atoms with Crippen LogP contribution in [-0.4, -0.2) is 30.1 Å². The van der Waals surface area contributed by atoms with E-state index in [1.165, 1.54) is 0 Å². The molecule has 0 spiro atoms. The molecule has 0 aromatic heterocycles. The minimum absolute atomic E-state index is 0.157. The van der Waals surface area contributed by atoms with Crippen LogP contribution in [0.4, 0.5) is 13.2 Å². The van der Waals surface area contributed by atoms with Gasteiger partial charge in [0.25, 0.3) is 0 Å². The summed E-state index contributed by atoms with van der Waals surface area (Å²) in [6.45, 7) is 4.18. The van der Waals surface area contributed by atoms with Gasteiger partial charge in [-0.15, -0.1) is 0 Å². The molecule has 1 heterocycles. The fourth-order valence-electron chi connectivity index (χ4n) is 2.01. The van der Waals surface area contributed by atoms with Gasteiger partial charge in [0.05, 0.1) is 0 Å². The number of carbonyl (C=O) groups excluding carboxylic acids is 1. The summed E-state index contributed by atoms with van der Waals surface area (Å²) in [6.07, 6.45) is -3.83. The fourth-order valence-corrected chi connectivity index (χ4v) is 2.01. The number of piperidine rings is 1. The van der Waals surface area contributed by atoms with Crippen molar-refractivity contribution >= 4 is 5.91 Å². The van der Waals surface area contributed by atoms with E-state index < -0.39 is 12.1 Å². The molecule has 5 heteroatoms. The van der Waals surface area contributed by atoms with Crippen molar-refractivity contribution in [3.8, 4) is 0 Å². The van der Waals surface area contributed by atoms with Gasteiger partial charge in [0.2, 0.25) is 0 Å². The molecule has 1 rings (SSSR count). The van der Waals surface area contributed by atoms with Crippen molar-refractivity contribution in [2.45, 2.75) is 26.4 Å². The predicted octanol–water partition coefficient (Wildman–Crippen LogP) is 2.05. The second-order valence-electron chi connectivity index (χ2n) is 4.15. The Morgan fingerprint density at radius 1 is 1.21 bits per heavy atom. The molecule has 1 saturated heterocycles. The van der Waals surface area contributed by atoms with Crippen LogP contribution in [-0.2, 0) is 4.79 Å². The lowest BCUT2D eigenvalue weighted by Gasteiger charge is -2.35. The maximum absolute atomic E-state index is 12.1. The van der Waals surface area contributed by atoms with E-state index in [-0.39, 0.29) is 24.9 Å². The largest absolute Gasteiger partial charge is 0.471 e. The highest BCUT2D eigenvalue weighted by Gasteiger charge is 2.43. The van der Waals surface area contributed by atoms with E-state index in [1.54, 1.807) is 0 Å². The van der Waals surface area contributed by atoms with E-state index in [1.807, 2.05) is 13.8 Å². The zero-order valence-electron chi connectivity index (χ0n) is 8.27. The molecule has 2 nitrogen and oxygen atoms in total. The van der Waals surface area contributed by atoms with Crippen LogP contribution in [0.25, 0.3) is 0 Å². The van der Waals surface area contributed by atoms with Crippen LogP contribution >= 0.6 is 0 Å². The molecule has 0 aliphatic carbocycles. The average molecular weight is 209 g/mol. The van der Waals surface area contributed by atoms with Crippen LogP contribution in [0.1, 0.15) is 20.3 Å². The molecule has 2 unspecified atom stereocenters. The monoisotopic (exact) mass is 209 g/mol. The van der Waals surface area contributed by atoms with Gasteiger partial charge in [0, 0.05) is 13.1 Å². The maximum Gasteiger partial charge on any atom is 0.471 e. The highest BCUT2D eigenvalue weighted by molar-refractivity contribution is 5.81. The van der Waals surface area contributed by atoms with E-state index in [0.717, 1.165) is 11.3 Å². The Bertz CT molecular complexity index is 217. The highest BCUT2D eigenvalue weighted by atomic mass is 19.4. The van der Waals surface area contributed by atoms with Gasteiger partial charge in [-0.25, -0.2) is 0 Å². The first-order chi connectivity index (χ1) is 6.30. The summed E-state index contributed by atoms with van der Waals surface area (Å²) in [5, 5.41) is 0. The van der Waals surface area contributed by atoms with Crippen molar-refractivity contribution in [1.82, 2.24) is 4.90 Å². The standard InChI is InChI=1S/C9H14F3NO/c1-6-3-7(2)5-13(4-6)8(14)9(10,11)12/h6-7H,3-5H2,1-2H3. The average Bonchev–Trinajstić information content (AvgIpc) is 1.99. The number of nitrogens with zero attached hydrogens (tertiary/aromatic N) is 1. The third-order valence-corrected chi connectivity index (χ3v) is 2.40. The number of hydrogen-bond acceptors (Lipinski definition) is 1. The Morgan fingerprint density at radius 3 is 2.00 bits per heavy atom. The molecule has 1 fully saturated rings. The molecule has 0 radical (unpaired) electrons. The predicted molar refractivity (Wildman–Crippen MR) is 45.6 cm³/mol. The summed E-state index contributed by atoms with van der Waals surface area (Å²) in [5.74, 6) is -1.38. The summed E-state index contributed by atoms with van der Waals surface area (Å²) in [7, 11) is 0. The number of rotatable bonds is 0. The summed E-state index contributed by atoms with van der Waals surface area (Å²) in [5.41, 5.74) is 0. The first-order valence-corrected chi connectivity index (χ1v) is 4.66. The minimum Gasteiger partial charge on any atom is -0.334 e. The first kappa shape index (κ1) is 11.3. The second-order valence-corrected chi connectivity index (χ2v) is 4.15. The van der Waals surface area contributed by atoms with Gasteiger partial charge in [-0.1, -0.05) is 13.8 Å². The van der Waals surface area contributed by atoms with Crippen LogP contribution < -0.4 is 0 Å². The third kappa shape index (κ3) is 2.62. The van der Waals surface area contributed by atoms with E-state index in [0.29, 0.717) is 0 Å². The lowest BCUT2D eigenvalue weighted by molar-refractivity contribution is -0.187. The number of hydrogen-bond donors (Lipinski definition) is 0. The Balaban J connectivity index is 2.64. The molecule has 1 aliphatic rings. The van der Waals surface area contributed by atoms with E-state index in [4.69, 9.17) is 0 Å². The number of amides is 1. The molecular weight excluding hydrogens is 195 g/mol. The van der Waals surface area contributed by atoms with Gasteiger partial charge in [0.1, 0.15) is 0 Å². The SMILES string of the molecule is CC1CC(C)CN(C(=O)C(F)(F)F)C1. The number of halogens is 3. The molecule has 0 N–H and O–H groups in total. The Hall–Kier alpha value is -0.740. The van der Waals surface area contributed by atoms with Crippen LogP contribution in [0.2, 0.25) is 0 Å². The molecule has 0 bridgehead atoms.